The van der Waals surface area contributed by atoms with Crippen molar-refractivity contribution in [1.82, 2.24) is 14.9 Å². The molecular formula is C19H21ClF3N5O. The number of alkyl halides is 3. The van der Waals surface area contributed by atoms with E-state index >= 15 is 0 Å². The van der Waals surface area contributed by atoms with Crippen LogP contribution in [0.15, 0.2) is 30.5 Å². The monoisotopic (exact) mass is 427 g/mol. The largest absolute Gasteiger partial charge is 0.421 e. The highest BCUT2D eigenvalue weighted by molar-refractivity contribution is 6.33. The molecule has 0 unspecified atom stereocenters. The predicted octanol–water partition coefficient (Wildman–Crippen LogP) is 4.71. The van der Waals surface area contributed by atoms with Crippen LogP contribution in [-0.4, -0.2) is 40.4 Å². The summed E-state index contributed by atoms with van der Waals surface area (Å²) in [6.07, 6.45) is -0.948. The van der Waals surface area contributed by atoms with Gasteiger partial charge in [0.25, 0.3) is 0 Å². The minimum atomic E-state index is -4.59. The second-order valence-corrected chi connectivity index (χ2v) is 7.08. The summed E-state index contributed by atoms with van der Waals surface area (Å²) in [5, 5.41) is 5.96. The van der Waals surface area contributed by atoms with Crippen molar-refractivity contribution in [3.05, 3.63) is 41.0 Å². The molecule has 0 aliphatic carbocycles. The number of amides is 1. The van der Waals surface area contributed by atoms with E-state index in [1.807, 2.05) is 0 Å². The third-order valence-corrected chi connectivity index (χ3v) is 4.86. The standard InChI is InChI=1S/C19H21ClF3N5O/c20-14-6-1-2-7-15(14)26-18-25-12-13(19(21,22)23)17(27-18)24-9-5-11-28-10-4-3-8-16(28)29/h1-2,6-7,12H,3-5,8-11H2,(H2,24,25,26,27). The Labute approximate surface area is 171 Å². The van der Waals surface area contributed by atoms with Crippen LogP contribution in [-0.2, 0) is 11.0 Å². The zero-order valence-electron chi connectivity index (χ0n) is 15.6. The zero-order valence-corrected chi connectivity index (χ0v) is 16.4. The molecule has 1 saturated heterocycles. The number of nitrogens with one attached hydrogen (secondary N) is 2. The number of hydrogen-bond donors (Lipinski definition) is 2. The molecule has 0 atom stereocenters. The van der Waals surface area contributed by atoms with Crippen LogP contribution >= 0.6 is 11.6 Å². The number of hydrogen-bond acceptors (Lipinski definition) is 5. The number of carbonyl (C=O) groups is 1. The Morgan fingerprint density at radius 2 is 2.00 bits per heavy atom. The molecule has 2 heterocycles. The van der Waals surface area contributed by atoms with Gasteiger partial charge in [0.05, 0.1) is 10.7 Å². The number of likely N-dealkylation sites (tertiary alicyclic amines) is 1. The Hall–Kier alpha value is -2.55. The molecule has 10 heteroatoms. The molecule has 0 bridgehead atoms. The number of aromatic nitrogens is 2. The number of anilines is 3. The molecule has 1 aliphatic rings. The molecule has 0 saturated carbocycles. The van der Waals surface area contributed by atoms with Crippen LogP contribution in [0, 0.1) is 0 Å². The van der Waals surface area contributed by atoms with Gasteiger partial charge in [0.15, 0.2) is 0 Å². The molecule has 0 radical (unpaired) electrons. The number of benzene rings is 1. The lowest BCUT2D eigenvalue weighted by Crippen LogP contribution is -2.36. The first-order chi connectivity index (χ1) is 13.8. The summed E-state index contributed by atoms with van der Waals surface area (Å²) in [6.45, 7) is 1.45. The van der Waals surface area contributed by atoms with E-state index in [-0.39, 0.29) is 24.2 Å². The van der Waals surface area contributed by atoms with E-state index in [4.69, 9.17) is 11.6 Å². The molecule has 2 aromatic rings. The summed E-state index contributed by atoms with van der Waals surface area (Å²) in [5.41, 5.74) is -0.459. The van der Waals surface area contributed by atoms with Gasteiger partial charge in [-0.25, -0.2) is 4.98 Å². The maximum absolute atomic E-state index is 13.3. The quantitative estimate of drug-likeness (QED) is 0.626. The third-order valence-electron chi connectivity index (χ3n) is 4.53. The normalized spacial score (nSPS) is 14.8. The average molecular weight is 428 g/mol. The molecular weight excluding hydrogens is 407 g/mol. The van der Waals surface area contributed by atoms with E-state index in [0.29, 0.717) is 36.6 Å². The Balaban J connectivity index is 1.67. The molecule has 1 fully saturated rings. The fourth-order valence-corrected chi connectivity index (χ4v) is 3.23. The van der Waals surface area contributed by atoms with Crippen molar-refractivity contribution in [2.75, 3.05) is 30.3 Å². The number of para-hydroxylation sites is 1. The van der Waals surface area contributed by atoms with Crippen molar-refractivity contribution in [3.63, 3.8) is 0 Å². The maximum Gasteiger partial charge on any atom is 0.421 e. The maximum atomic E-state index is 13.3. The number of halogens is 4. The summed E-state index contributed by atoms with van der Waals surface area (Å²) in [4.78, 5) is 21.3. The number of carbonyl (C=O) groups excluding carboxylic acids is 1. The van der Waals surface area contributed by atoms with E-state index in [0.717, 1.165) is 19.0 Å². The predicted molar refractivity (Wildman–Crippen MR) is 105 cm³/mol. The van der Waals surface area contributed by atoms with Crippen LogP contribution in [0.25, 0.3) is 0 Å². The summed E-state index contributed by atoms with van der Waals surface area (Å²) in [6, 6.07) is 6.79. The van der Waals surface area contributed by atoms with Gasteiger partial charge in [-0.15, -0.1) is 0 Å². The summed E-state index contributed by atoms with van der Waals surface area (Å²) < 4.78 is 39.9. The first-order valence-electron chi connectivity index (χ1n) is 9.32. The number of rotatable bonds is 7. The summed E-state index contributed by atoms with van der Waals surface area (Å²) >= 11 is 6.06. The van der Waals surface area contributed by atoms with E-state index < -0.39 is 11.7 Å². The SMILES string of the molecule is O=C1CCCCN1CCCNc1nc(Nc2ccccc2Cl)ncc1C(F)(F)F. The molecule has 3 rings (SSSR count). The van der Waals surface area contributed by atoms with Gasteiger partial charge < -0.3 is 15.5 Å². The van der Waals surface area contributed by atoms with Gasteiger partial charge in [0, 0.05) is 32.3 Å². The van der Waals surface area contributed by atoms with Gasteiger partial charge in [-0.2, -0.15) is 18.2 Å². The van der Waals surface area contributed by atoms with Crippen LogP contribution in [0.4, 0.5) is 30.6 Å². The van der Waals surface area contributed by atoms with Gasteiger partial charge in [0.1, 0.15) is 11.4 Å². The topological polar surface area (TPSA) is 70.2 Å². The second-order valence-electron chi connectivity index (χ2n) is 6.68. The lowest BCUT2D eigenvalue weighted by Gasteiger charge is -2.26. The van der Waals surface area contributed by atoms with Crippen LogP contribution < -0.4 is 10.6 Å². The van der Waals surface area contributed by atoms with Crippen molar-refractivity contribution < 1.29 is 18.0 Å². The zero-order chi connectivity index (χ0) is 20.9. The Morgan fingerprint density at radius 3 is 2.72 bits per heavy atom. The first kappa shape index (κ1) is 21.2. The van der Waals surface area contributed by atoms with Crippen LogP contribution in [0.3, 0.4) is 0 Å². The van der Waals surface area contributed by atoms with E-state index in [1.165, 1.54) is 0 Å². The lowest BCUT2D eigenvalue weighted by atomic mass is 10.1. The van der Waals surface area contributed by atoms with Crippen molar-refractivity contribution in [1.29, 1.82) is 0 Å². The van der Waals surface area contributed by atoms with Crippen molar-refractivity contribution in [2.45, 2.75) is 31.9 Å². The molecule has 1 aromatic carbocycles. The third kappa shape index (κ3) is 5.72. The molecule has 156 valence electrons. The van der Waals surface area contributed by atoms with Gasteiger partial charge in [-0.1, -0.05) is 23.7 Å². The average Bonchev–Trinajstić information content (AvgIpc) is 2.67. The molecule has 2 N–H and O–H groups in total. The second kappa shape index (κ2) is 9.30. The van der Waals surface area contributed by atoms with Crippen LogP contribution in [0.2, 0.25) is 5.02 Å². The van der Waals surface area contributed by atoms with Gasteiger partial charge in [-0.05, 0) is 31.4 Å². The van der Waals surface area contributed by atoms with Crippen molar-refractivity contribution in [2.24, 2.45) is 0 Å². The number of nitrogens with zero attached hydrogens (tertiary/aromatic N) is 3. The molecule has 6 nitrogen and oxygen atoms in total. The van der Waals surface area contributed by atoms with Crippen LogP contribution in [0.5, 0.6) is 0 Å². The fraction of sp³-hybridized carbons (Fsp3) is 0.421. The van der Waals surface area contributed by atoms with Crippen LogP contribution in [0.1, 0.15) is 31.2 Å². The molecule has 29 heavy (non-hydrogen) atoms. The Morgan fingerprint density at radius 1 is 1.21 bits per heavy atom. The van der Waals surface area contributed by atoms with Crippen molar-refractivity contribution >= 4 is 35.0 Å². The van der Waals surface area contributed by atoms with Gasteiger partial charge in [-0.3, -0.25) is 4.79 Å². The molecule has 0 spiro atoms. The fourth-order valence-electron chi connectivity index (χ4n) is 3.04. The Kier molecular flexibility index (Phi) is 6.79. The molecule has 1 amide bonds. The lowest BCUT2D eigenvalue weighted by molar-refractivity contribution is -0.137. The minimum absolute atomic E-state index is 0.000178. The number of piperidine rings is 1. The van der Waals surface area contributed by atoms with E-state index in [9.17, 15) is 18.0 Å². The van der Waals surface area contributed by atoms with E-state index in [1.54, 1.807) is 29.2 Å². The minimum Gasteiger partial charge on any atom is -0.369 e. The van der Waals surface area contributed by atoms with E-state index in [2.05, 4.69) is 20.6 Å². The highest BCUT2D eigenvalue weighted by Crippen LogP contribution is 2.34. The van der Waals surface area contributed by atoms with Crippen molar-refractivity contribution in [3.8, 4) is 0 Å². The molecule has 1 aliphatic heterocycles. The highest BCUT2D eigenvalue weighted by atomic mass is 35.5. The summed E-state index contributed by atoms with van der Waals surface area (Å²) in [5.74, 6) is -0.215. The highest BCUT2D eigenvalue weighted by Gasteiger charge is 2.35. The van der Waals surface area contributed by atoms with Gasteiger partial charge >= 0.3 is 6.18 Å². The summed E-state index contributed by atoms with van der Waals surface area (Å²) in [7, 11) is 0. The van der Waals surface area contributed by atoms with Gasteiger partial charge in [0.2, 0.25) is 11.9 Å². The smallest absolute Gasteiger partial charge is 0.369 e. The first-order valence-corrected chi connectivity index (χ1v) is 9.70. The Bertz CT molecular complexity index is 862. The molecule has 1 aromatic heterocycles.